The maximum atomic E-state index is 14.6. The van der Waals surface area contributed by atoms with E-state index < -0.39 is 62.9 Å². The number of carbonyl (C=O) groups is 1. The number of hydrogen-bond donors (Lipinski definition) is 4. The number of anilines is 1. The van der Waals surface area contributed by atoms with Crippen molar-refractivity contribution in [3.05, 3.63) is 43.0 Å². The van der Waals surface area contributed by atoms with E-state index in [0.29, 0.717) is 0 Å². The van der Waals surface area contributed by atoms with Gasteiger partial charge < -0.3 is 29.9 Å². The summed E-state index contributed by atoms with van der Waals surface area (Å²) >= 11 is 0. The fourth-order valence-electron chi connectivity index (χ4n) is 4.01. The molecule has 0 saturated carbocycles. The second-order valence-electron chi connectivity index (χ2n) is 9.29. The van der Waals surface area contributed by atoms with Crippen molar-refractivity contribution in [1.29, 1.82) is 0 Å². The molecule has 2 aromatic heterocycles. The Balaban J connectivity index is 1.63. The molecule has 6 unspecified atom stereocenters. The largest absolute Gasteiger partial charge is 0.462 e. The molecule has 6 atom stereocenters. The predicted molar refractivity (Wildman–Crippen MR) is 135 cm³/mol. The average molecular weight is 586 g/mol. The van der Waals surface area contributed by atoms with Gasteiger partial charge in [0.05, 0.1) is 12.7 Å². The molecule has 0 spiro atoms. The molecule has 14 nitrogen and oxygen atoms in total. The first-order valence-electron chi connectivity index (χ1n) is 12.1. The van der Waals surface area contributed by atoms with Gasteiger partial charge in [0.1, 0.15) is 42.2 Å². The van der Waals surface area contributed by atoms with Crippen LogP contribution >= 0.6 is 7.75 Å². The van der Waals surface area contributed by atoms with Crippen molar-refractivity contribution in [2.45, 2.75) is 63.4 Å². The SMILES string of the molecule is CC(C)OC(=O)C(C)NP(=O)(OCC1(C(F)F)OC(n2cnc3ncnc(N)c32)C(O)C1O)Oc1ccccc1. The summed E-state index contributed by atoms with van der Waals surface area (Å²) in [5, 5.41) is 23.9. The summed E-state index contributed by atoms with van der Waals surface area (Å²) in [5.74, 6) is -0.857. The monoisotopic (exact) mass is 586 g/mol. The number of benzene rings is 1. The minimum absolute atomic E-state index is 0.0278. The Morgan fingerprint density at radius 3 is 2.58 bits per heavy atom. The van der Waals surface area contributed by atoms with Crippen LogP contribution in [0.25, 0.3) is 11.2 Å². The zero-order valence-corrected chi connectivity index (χ0v) is 22.5. The van der Waals surface area contributed by atoms with E-state index in [9.17, 15) is 28.4 Å². The molecule has 1 aliphatic heterocycles. The number of aromatic nitrogens is 4. The van der Waals surface area contributed by atoms with Gasteiger partial charge in [-0.25, -0.2) is 28.3 Å². The number of carbonyl (C=O) groups excluding carboxylic acids is 1. The number of imidazole rings is 1. The molecular weight excluding hydrogens is 557 g/mol. The highest BCUT2D eigenvalue weighted by molar-refractivity contribution is 7.52. The average Bonchev–Trinajstić information content (AvgIpc) is 3.43. The van der Waals surface area contributed by atoms with Crippen molar-refractivity contribution in [3.63, 3.8) is 0 Å². The number of esters is 1. The van der Waals surface area contributed by atoms with E-state index in [1.165, 1.54) is 19.1 Å². The van der Waals surface area contributed by atoms with Crippen LogP contribution in [0.1, 0.15) is 27.0 Å². The molecule has 218 valence electrons. The molecular formula is C23H29F2N6O8P. The van der Waals surface area contributed by atoms with Crippen LogP contribution in [0, 0.1) is 0 Å². The van der Waals surface area contributed by atoms with E-state index in [0.717, 1.165) is 17.2 Å². The molecule has 1 aromatic carbocycles. The third-order valence-electron chi connectivity index (χ3n) is 5.98. The Bertz CT molecular complexity index is 1380. The van der Waals surface area contributed by atoms with Crippen molar-refractivity contribution in [2.75, 3.05) is 12.3 Å². The standard InChI is InChI=1S/C23H29F2N6O8P/c1-12(2)37-21(34)13(3)30-40(35,39-14-7-5-4-6-8-14)36-9-23(22(24)25)17(33)16(32)20(38-23)31-11-29-19-15(31)18(26)27-10-28-19/h4-8,10-13,16-17,20,22,32-33H,9H2,1-3H3,(H,30,35)(H2,26,27,28). The molecule has 4 rings (SSSR count). The number of nitrogen functional groups attached to an aromatic ring is 1. The van der Waals surface area contributed by atoms with Crippen LogP contribution in [0.2, 0.25) is 0 Å². The molecule has 3 heterocycles. The number of nitrogens with one attached hydrogen (secondary N) is 1. The van der Waals surface area contributed by atoms with Crippen LogP contribution < -0.4 is 15.3 Å². The molecule has 0 radical (unpaired) electrons. The molecule has 0 bridgehead atoms. The highest BCUT2D eigenvalue weighted by Gasteiger charge is 2.61. The molecule has 0 amide bonds. The van der Waals surface area contributed by atoms with Gasteiger partial charge in [-0.3, -0.25) is 13.9 Å². The molecule has 3 aromatic rings. The van der Waals surface area contributed by atoms with Crippen LogP contribution in [0.3, 0.4) is 0 Å². The maximum Gasteiger partial charge on any atom is 0.459 e. The van der Waals surface area contributed by atoms with Crippen LogP contribution in [-0.4, -0.2) is 78.7 Å². The van der Waals surface area contributed by atoms with Gasteiger partial charge in [-0.15, -0.1) is 0 Å². The number of ether oxygens (including phenoxy) is 2. The van der Waals surface area contributed by atoms with E-state index in [1.807, 2.05) is 0 Å². The summed E-state index contributed by atoms with van der Waals surface area (Å²) in [5.41, 5.74) is 3.15. The Kier molecular flexibility index (Phi) is 8.68. The number of fused-ring (bicyclic) bond motifs is 1. The van der Waals surface area contributed by atoms with Crippen LogP contribution in [0.4, 0.5) is 14.6 Å². The summed E-state index contributed by atoms with van der Waals surface area (Å²) in [6, 6.07) is 6.37. The van der Waals surface area contributed by atoms with Gasteiger partial charge in [0, 0.05) is 0 Å². The molecule has 1 aliphatic rings. The van der Waals surface area contributed by atoms with Crippen molar-refractivity contribution in [1.82, 2.24) is 24.6 Å². The van der Waals surface area contributed by atoms with E-state index >= 15 is 0 Å². The van der Waals surface area contributed by atoms with Crippen LogP contribution in [0.15, 0.2) is 43.0 Å². The minimum Gasteiger partial charge on any atom is -0.462 e. The molecule has 40 heavy (non-hydrogen) atoms. The Morgan fingerprint density at radius 1 is 1.23 bits per heavy atom. The van der Waals surface area contributed by atoms with Crippen LogP contribution in [0.5, 0.6) is 5.75 Å². The first-order chi connectivity index (χ1) is 18.9. The number of nitrogens with zero attached hydrogens (tertiary/aromatic N) is 4. The quantitative estimate of drug-likeness (QED) is 0.188. The zero-order valence-electron chi connectivity index (χ0n) is 21.6. The van der Waals surface area contributed by atoms with Gasteiger partial charge in [-0.05, 0) is 32.9 Å². The summed E-state index contributed by atoms with van der Waals surface area (Å²) in [7, 11) is -4.62. The number of para-hydroxylation sites is 1. The first-order valence-corrected chi connectivity index (χ1v) is 13.6. The molecule has 17 heteroatoms. The van der Waals surface area contributed by atoms with E-state index in [4.69, 9.17) is 24.3 Å². The number of rotatable bonds is 11. The van der Waals surface area contributed by atoms with Gasteiger partial charge >= 0.3 is 13.7 Å². The number of alkyl halides is 2. The fourth-order valence-corrected chi connectivity index (χ4v) is 5.54. The number of halogens is 2. The van der Waals surface area contributed by atoms with Gasteiger partial charge in [0.2, 0.25) is 0 Å². The van der Waals surface area contributed by atoms with E-state index in [-0.39, 0.29) is 22.7 Å². The van der Waals surface area contributed by atoms with E-state index in [2.05, 4.69) is 20.0 Å². The van der Waals surface area contributed by atoms with Gasteiger partial charge in [-0.2, -0.15) is 5.09 Å². The normalized spacial score (nSPS) is 25.3. The Labute approximate surface area is 227 Å². The van der Waals surface area contributed by atoms with Crippen molar-refractivity contribution in [2.24, 2.45) is 0 Å². The lowest BCUT2D eigenvalue weighted by molar-refractivity contribution is -0.191. The second-order valence-corrected chi connectivity index (χ2v) is 11.0. The first kappa shape index (κ1) is 29.7. The predicted octanol–water partition coefficient (Wildman–Crippen LogP) is 1.80. The maximum absolute atomic E-state index is 14.6. The number of aliphatic hydroxyl groups is 2. The number of nitrogens with two attached hydrogens (primary N) is 1. The summed E-state index contributed by atoms with van der Waals surface area (Å²) in [6.45, 7) is 3.30. The van der Waals surface area contributed by atoms with Crippen molar-refractivity contribution >= 4 is 30.7 Å². The lowest BCUT2D eigenvalue weighted by atomic mass is 9.96. The second kappa shape index (κ2) is 11.7. The molecule has 1 saturated heterocycles. The van der Waals surface area contributed by atoms with E-state index in [1.54, 1.807) is 32.0 Å². The molecule has 1 fully saturated rings. The smallest absolute Gasteiger partial charge is 0.459 e. The summed E-state index contributed by atoms with van der Waals surface area (Å²) < 4.78 is 65.5. The summed E-state index contributed by atoms with van der Waals surface area (Å²) in [6.07, 6.45) is -7.49. The van der Waals surface area contributed by atoms with Crippen molar-refractivity contribution < 1.29 is 46.9 Å². The van der Waals surface area contributed by atoms with Gasteiger partial charge in [0.15, 0.2) is 23.3 Å². The summed E-state index contributed by atoms with van der Waals surface area (Å²) in [4.78, 5) is 24.1. The lowest BCUT2D eigenvalue weighted by Crippen LogP contribution is -2.53. The Morgan fingerprint density at radius 2 is 1.93 bits per heavy atom. The third-order valence-corrected chi connectivity index (χ3v) is 7.60. The van der Waals surface area contributed by atoms with Gasteiger partial charge in [-0.1, -0.05) is 18.2 Å². The van der Waals surface area contributed by atoms with Gasteiger partial charge in [0.25, 0.3) is 6.43 Å². The number of aliphatic hydroxyl groups excluding tert-OH is 2. The third kappa shape index (κ3) is 5.92. The topological polar surface area (TPSA) is 193 Å². The molecule has 5 N–H and O–H groups in total. The van der Waals surface area contributed by atoms with Crippen molar-refractivity contribution in [3.8, 4) is 5.75 Å². The molecule has 0 aliphatic carbocycles. The highest BCUT2D eigenvalue weighted by atomic mass is 31.2. The fraction of sp³-hybridized carbons (Fsp3) is 0.478. The number of hydrogen-bond acceptors (Lipinski definition) is 12. The zero-order chi connectivity index (χ0) is 29.2. The lowest BCUT2D eigenvalue weighted by Gasteiger charge is -2.32. The minimum atomic E-state index is -4.62. The Hall–Kier alpha value is -3.27. The highest BCUT2D eigenvalue weighted by Crippen LogP contribution is 2.49. The van der Waals surface area contributed by atoms with Crippen LogP contribution in [-0.2, 0) is 23.4 Å².